The SMILES string of the molecule is CC[C@H](C)[C@H](NC(=O)[C@@H]1CS[C@H]2c3ccccc3C(=O)N12)C(=O)N[C@H](CO)C(C)C. The van der Waals surface area contributed by atoms with Gasteiger partial charge in [-0.3, -0.25) is 14.4 Å². The lowest BCUT2D eigenvalue weighted by atomic mass is 9.96. The third-order valence-electron chi connectivity index (χ3n) is 6.12. The maximum atomic E-state index is 13.2. The van der Waals surface area contributed by atoms with Crippen LogP contribution >= 0.6 is 11.8 Å². The van der Waals surface area contributed by atoms with Gasteiger partial charge >= 0.3 is 0 Å². The molecule has 2 aliphatic rings. The molecule has 0 spiro atoms. The summed E-state index contributed by atoms with van der Waals surface area (Å²) in [4.78, 5) is 40.6. The summed E-state index contributed by atoms with van der Waals surface area (Å²) in [6.45, 7) is 7.56. The molecule has 0 bridgehead atoms. The molecule has 164 valence electrons. The molecule has 2 aliphatic heterocycles. The number of carbonyl (C=O) groups excluding carboxylic acids is 3. The van der Waals surface area contributed by atoms with Gasteiger partial charge in [-0.15, -0.1) is 11.8 Å². The molecule has 3 N–H and O–H groups in total. The molecule has 2 heterocycles. The lowest BCUT2D eigenvalue weighted by Crippen LogP contribution is -2.57. The maximum absolute atomic E-state index is 13.2. The molecule has 0 aliphatic carbocycles. The topological polar surface area (TPSA) is 98.7 Å². The minimum atomic E-state index is -0.723. The van der Waals surface area contributed by atoms with Gasteiger partial charge in [-0.25, -0.2) is 0 Å². The summed E-state index contributed by atoms with van der Waals surface area (Å²) in [7, 11) is 0. The number of carbonyl (C=O) groups is 3. The van der Waals surface area contributed by atoms with Gasteiger partial charge in [0.1, 0.15) is 17.5 Å². The molecule has 3 rings (SSSR count). The van der Waals surface area contributed by atoms with Gasteiger partial charge in [0.2, 0.25) is 11.8 Å². The second kappa shape index (κ2) is 9.39. The molecule has 0 aromatic heterocycles. The molecular formula is C22H31N3O4S. The highest BCUT2D eigenvalue weighted by Gasteiger charge is 2.48. The Bertz CT molecular complexity index is 815. The number of nitrogens with one attached hydrogen (secondary N) is 2. The van der Waals surface area contributed by atoms with E-state index >= 15 is 0 Å². The normalized spacial score (nSPS) is 23.0. The number of fused-ring (bicyclic) bond motifs is 3. The van der Waals surface area contributed by atoms with Gasteiger partial charge in [0, 0.05) is 11.3 Å². The van der Waals surface area contributed by atoms with Crippen molar-refractivity contribution in [3.05, 3.63) is 35.4 Å². The van der Waals surface area contributed by atoms with Crippen molar-refractivity contribution in [3.8, 4) is 0 Å². The van der Waals surface area contributed by atoms with E-state index in [1.165, 1.54) is 0 Å². The number of hydrogen-bond donors (Lipinski definition) is 3. The van der Waals surface area contributed by atoms with Crippen molar-refractivity contribution in [1.29, 1.82) is 0 Å². The van der Waals surface area contributed by atoms with E-state index in [9.17, 15) is 19.5 Å². The number of aliphatic hydroxyl groups excluding tert-OH is 1. The molecule has 8 heteroatoms. The van der Waals surface area contributed by atoms with E-state index in [1.807, 2.05) is 45.9 Å². The van der Waals surface area contributed by atoms with E-state index in [0.717, 1.165) is 5.56 Å². The van der Waals surface area contributed by atoms with Crippen LogP contribution in [0.3, 0.4) is 0 Å². The van der Waals surface area contributed by atoms with Crippen LogP contribution < -0.4 is 10.6 Å². The quantitative estimate of drug-likeness (QED) is 0.582. The first-order chi connectivity index (χ1) is 14.3. The Hall–Kier alpha value is -2.06. The van der Waals surface area contributed by atoms with Gasteiger partial charge in [-0.1, -0.05) is 52.3 Å². The molecule has 1 aromatic carbocycles. The standard InChI is InChI=1S/C22H31N3O4S/c1-5-13(4)18(20(28)23-16(10-26)12(2)3)24-19(27)17-11-30-22-15-9-7-6-8-14(15)21(29)25(17)22/h6-9,12-13,16-18,22,26H,5,10-11H2,1-4H3,(H,23,28)(H,24,27)/t13-,16+,17-,18-,22-/m0/s1. The van der Waals surface area contributed by atoms with Crippen LogP contribution in [0.5, 0.6) is 0 Å². The van der Waals surface area contributed by atoms with Crippen LogP contribution in [0.15, 0.2) is 24.3 Å². The van der Waals surface area contributed by atoms with E-state index < -0.39 is 12.1 Å². The minimum Gasteiger partial charge on any atom is -0.394 e. The van der Waals surface area contributed by atoms with Gasteiger partial charge in [0.15, 0.2) is 0 Å². The average Bonchev–Trinajstić information content (AvgIpc) is 3.29. The third kappa shape index (κ3) is 4.21. The van der Waals surface area contributed by atoms with Crippen LogP contribution in [0.25, 0.3) is 0 Å². The van der Waals surface area contributed by atoms with E-state index in [4.69, 9.17) is 0 Å². The van der Waals surface area contributed by atoms with Crippen molar-refractivity contribution in [1.82, 2.24) is 15.5 Å². The van der Waals surface area contributed by atoms with Gasteiger partial charge < -0.3 is 20.6 Å². The molecule has 30 heavy (non-hydrogen) atoms. The fourth-order valence-corrected chi connectivity index (χ4v) is 5.35. The van der Waals surface area contributed by atoms with Crippen LogP contribution in [0.2, 0.25) is 0 Å². The van der Waals surface area contributed by atoms with E-state index in [0.29, 0.717) is 17.7 Å². The number of hydrogen-bond acceptors (Lipinski definition) is 5. The molecule has 3 amide bonds. The van der Waals surface area contributed by atoms with Crippen molar-refractivity contribution in [2.24, 2.45) is 11.8 Å². The number of thioether (sulfide) groups is 1. The van der Waals surface area contributed by atoms with Crippen molar-refractivity contribution in [3.63, 3.8) is 0 Å². The number of nitrogens with zero attached hydrogens (tertiary/aromatic N) is 1. The fourth-order valence-electron chi connectivity index (χ4n) is 3.89. The average molecular weight is 434 g/mol. The Kier molecular flexibility index (Phi) is 7.08. The molecule has 1 fully saturated rings. The largest absolute Gasteiger partial charge is 0.394 e. The zero-order valence-electron chi connectivity index (χ0n) is 17.9. The molecule has 7 nitrogen and oxygen atoms in total. The summed E-state index contributed by atoms with van der Waals surface area (Å²) < 4.78 is 0. The van der Waals surface area contributed by atoms with Gasteiger partial charge in [0.05, 0.1) is 12.6 Å². The van der Waals surface area contributed by atoms with Crippen molar-refractivity contribution in [2.45, 2.75) is 57.6 Å². The maximum Gasteiger partial charge on any atom is 0.256 e. The highest BCUT2D eigenvalue weighted by Crippen LogP contribution is 2.48. The molecule has 0 radical (unpaired) electrons. The first kappa shape index (κ1) is 22.6. The van der Waals surface area contributed by atoms with Gasteiger partial charge in [-0.2, -0.15) is 0 Å². The fraction of sp³-hybridized carbons (Fsp3) is 0.591. The number of amides is 3. The van der Waals surface area contributed by atoms with Crippen molar-refractivity contribution in [2.75, 3.05) is 12.4 Å². The summed E-state index contributed by atoms with van der Waals surface area (Å²) in [6, 6.07) is 5.75. The van der Waals surface area contributed by atoms with Crippen molar-refractivity contribution < 1.29 is 19.5 Å². The predicted octanol–water partition coefficient (Wildman–Crippen LogP) is 1.92. The first-order valence-corrected chi connectivity index (χ1v) is 11.6. The Morgan fingerprint density at radius 3 is 2.57 bits per heavy atom. The molecule has 1 aromatic rings. The van der Waals surface area contributed by atoms with Crippen LogP contribution in [-0.4, -0.2) is 58.2 Å². The summed E-state index contributed by atoms with van der Waals surface area (Å²) in [6.07, 6.45) is 0.708. The Morgan fingerprint density at radius 1 is 1.23 bits per heavy atom. The third-order valence-corrected chi connectivity index (χ3v) is 7.42. The second-order valence-corrected chi connectivity index (χ2v) is 9.53. The molecule has 0 saturated carbocycles. The first-order valence-electron chi connectivity index (χ1n) is 10.5. The highest BCUT2D eigenvalue weighted by atomic mass is 32.2. The lowest BCUT2D eigenvalue weighted by Gasteiger charge is -2.30. The minimum absolute atomic E-state index is 0.0694. The lowest BCUT2D eigenvalue weighted by molar-refractivity contribution is -0.132. The molecule has 5 atom stereocenters. The zero-order chi connectivity index (χ0) is 22.0. The number of aliphatic hydroxyl groups is 1. The highest BCUT2D eigenvalue weighted by molar-refractivity contribution is 7.99. The van der Waals surface area contributed by atoms with E-state index in [1.54, 1.807) is 22.7 Å². The Morgan fingerprint density at radius 2 is 1.93 bits per heavy atom. The van der Waals surface area contributed by atoms with Crippen LogP contribution in [0, 0.1) is 11.8 Å². The zero-order valence-corrected chi connectivity index (χ0v) is 18.7. The second-order valence-electron chi connectivity index (χ2n) is 8.41. The summed E-state index contributed by atoms with van der Waals surface area (Å²) in [5, 5.41) is 15.1. The van der Waals surface area contributed by atoms with E-state index in [2.05, 4.69) is 10.6 Å². The predicted molar refractivity (Wildman–Crippen MR) is 117 cm³/mol. The Balaban J connectivity index is 1.74. The summed E-state index contributed by atoms with van der Waals surface area (Å²) in [5.74, 6) is -0.265. The van der Waals surface area contributed by atoms with Crippen LogP contribution in [0.1, 0.15) is 55.4 Å². The monoisotopic (exact) mass is 433 g/mol. The summed E-state index contributed by atoms with van der Waals surface area (Å²) >= 11 is 1.57. The van der Waals surface area contributed by atoms with E-state index in [-0.39, 0.29) is 47.6 Å². The van der Waals surface area contributed by atoms with Crippen molar-refractivity contribution >= 4 is 29.5 Å². The van der Waals surface area contributed by atoms with Crippen LogP contribution in [0.4, 0.5) is 0 Å². The molecule has 0 unspecified atom stereocenters. The summed E-state index contributed by atoms with van der Waals surface area (Å²) in [5.41, 5.74) is 1.59. The smallest absolute Gasteiger partial charge is 0.256 e. The number of rotatable bonds is 8. The van der Waals surface area contributed by atoms with Gasteiger partial charge in [-0.05, 0) is 23.5 Å². The van der Waals surface area contributed by atoms with Crippen LogP contribution in [-0.2, 0) is 9.59 Å². The number of benzene rings is 1. The van der Waals surface area contributed by atoms with Gasteiger partial charge in [0.25, 0.3) is 5.91 Å². The molecular weight excluding hydrogens is 402 g/mol. The molecule has 1 saturated heterocycles. The Labute approximate surface area is 182 Å².